The summed E-state index contributed by atoms with van der Waals surface area (Å²) in [6.45, 7) is 0.858. The molecule has 0 aromatic heterocycles. The van der Waals surface area contributed by atoms with Crippen LogP contribution in [-0.4, -0.2) is 36.4 Å². The van der Waals surface area contributed by atoms with Crippen LogP contribution < -0.4 is 0 Å². The summed E-state index contributed by atoms with van der Waals surface area (Å²) in [5.74, 6) is -2.09. The zero-order valence-corrected chi connectivity index (χ0v) is 11.9. The van der Waals surface area contributed by atoms with Gasteiger partial charge in [0.2, 0.25) is 10.0 Å². The Morgan fingerprint density at radius 1 is 1.45 bits per heavy atom. The largest absolute Gasteiger partial charge is 0.480 e. The maximum Gasteiger partial charge on any atom is 0.318 e. The minimum Gasteiger partial charge on any atom is -0.480 e. The predicted molar refractivity (Wildman–Crippen MR) is 70.3 cm³/mol. The predicted octanol–water partition coefficient (Wildman–Crippen LogP) is 1.76. The van der Waals surface area contributed by atoms with Crippen LogP contribution >= 0.6 is 0 Å². The second-order valence-corrected chi connectivity index (χ2v) is 6.74. The summed E-state index contributed by atoms with van der Waals surface area (Å²) >= 11 is 0. The molecule has 0 heterocycles. The van der Waals surface area contributed by atoms with Gasteiger partial charge in [-0.15, -0.1) is 0 Å². The van der Waals surface area contributed by atoms with Gasteiger partial charge < -0.3 is 5.11 Å². The highest BCUT2D eigenvalue weighted by Crippen LogP contribution is 2.31. The van der Waals surface area contributed by atoms with Crippen LogP contribution in [-0.2, 0) is 14.8 Å². The summed E-state index contributed by atoms with van der Waals surface area (Å²) in [6, 6.07) is 3.64. The average Bonchev–Trinajstić information content (AvgIpc) is 2.24. The monoisotopic (exact) mass is 301 g/mol. The minimum absolute atomic E-state index is 0.278. The second-order valence-electron chi connectivity index (χ2n) is 4.91. The zero-order valence-electron chi connectivity index (χ0n) is 11.0. The van der Waals surface area contributed by atoms with E-state index in [1.54, 1.807) is 0 Å². The van der Waals surface area contributed by atoms with E-state index in [9.17, 15) is 17.6 Å². The highest BCUT2D eigenvalue weighted by Gasteiger charge is 2.38. The lowest BCUT2D eigenvalue weighted by Gasteiger charge is -2.35. The highest BCUT2D eigenvalue weighted by molar-refractivity contribution is 7.89. The fourth-order valence-corrected chi connectivity index (χ4v) is 4.19. The van der Waals surface area contributed by atoms with Crippen LogP contribution in [0.4, 0.5) is 4.39 Å². The first-order chi connectivity index (χ1) is 9.34. The Balaban J connectivity index is 2.47. The molecule has 1 N–H and O–H groups in total. The van der Waals surface area contributed by atoms with Gasteiger partial charge in [-0.25, -0.2) is 12.8 Å². The summed E-state index contributed by atoms with van der Waals surface area (Å²) in [5.41, 5.74) is 0.278. The third-order valence-electron chi connectivity index (χ3n) is 3.50. The van der Waals surface area contributed by atoms with Crippen LogP contribution in [0.2, 0.25) is 0 Å². The number of nitrogens with zero attached hydrogens (tertiary/aromatic N) is 1. The van der Waals surface area contributed by atoms with Crippen LogP contribution in [0.15, 0.2) is 23.1 Å². The molecule has 0 atom stereocenters. The van der Waals surface area contributed by atoms with E-state index in [1.807, 2.05) is 0 Å². The van der Waals surface area contributed by atoms with Crippen molar-refractivity contribution in [2.75, 3.05) is 6.54 Å². The smallest absolute Gasteiger partial charge is 0.318 e. The number of carbonyl (C=O) groups is 1. The Labute approximate surface area is 117 Å². The molecule has 0 unspecified atom stereocenters. The van der Waals surface area contributed by atoms with Crippen LogP contribution in [0.5, 0.6) is 0 Å². The van der Waals surface area contributed by atoms with Crippen LogP contribution in [0.1, 0.15) is 24.8 Å². The van der Waals surface area contributed by atoms with Gasteiger partial charge in [-0.3, -0.25) is 4.79 Å². The lowest BCUT2D eigenvalue weighted by atomic mass is 9.93. The van der Waals surface area contributed by atoms with E-state index < -0.39 is 33.3 Å². The van der Waals surface area contributed by atoms with Gasteiger partial charge >= 0.3 is 5.97 Å². The van der Waals surface area contributed by atoms with Gasteiger partial charge in [0.1, 0.15) is 17.3 Å². The van der Waals surface area contributed by atoms with E-state index in [4.69, 9.17) is 5.11 Å². The molecule has 2 rings (SSSR count). The van der Waals surface area contributed by atoms with Crippen molar-refractivity contribution in [3.8, 4) is 0 Å². The average molecular weight is 301 g/mol. The van der Waals surface area contributed by atoms with Crippen molar-refractivity contribution in [2.24, 2.45) is 0 Å². The van der Waals surface area contributed by atoms with Crippen molar-refractivity contribution < 1.29 is 22.7 Å². The fourth-order valence-electron chi connectivity index (χ4n) is 2.28. The SMILES string of the molecule is Cc1cccc(F)c1S(=O)(=O)N(CC(=O)O)C1CCC1. The fraction of sp³-hybridized carbons (Fsp3) is 0.462. The Morgan fingerprint density at radius 3 is 2.55 bits per heavy atom. The molecule has 1 aromatic carbocycles. The third kappa shape index (κ3) is 2.69. The molecule has 1 aliphatic carbocycles. The summed E-state index contributed by atoms with van der Waals surface area (Å²) < 4.78 is 39.9. The summed E-state index contributed by atoms with van der Waals surface area (Å²) in [4.78, 5) is 10.5. The van der Waals surface area contributed by atoms with E-state index in [1.165, 1.54) is 19.1 Å². The van der Waals surface area contributed by atoms with Gasteiger partial charge in [-0.05, 0) is 31.4 Å². The molecule has 0 aliphatic heterocycles. The van der Waals surface area contributed by atoms with Crippen molar-refractivity contribution in [1.29, 1.82) is 0 Å². The summed E-state index contributed by atoms with van der Waals surface area (Å²) in [7, 11) is -4.14. The molecular weight excluding hydrogens is 285 g/mol. The van der Waals surface area contributed by atoms with Gasteiger partial charge in [-0.2, -0.15) is 4.31 Å². The quantitative estimate of drug-likeness (QED) is 0.899. The van der Waals surface area contributed by atoms with E-state index >= 15 is 0 Å². The molecule has 1 aromatic rings. The molecule has 20 heavy (non-hydrogen) atoms. The Hall–Kier alpha value is -1.47. The molecule has 5 nitrogen and oxygen atoms in total. The normalized spacial score (nSPS) is 16.1. The summed E-state index contributed by atoms with van der Waals surface area (Å²) in [5, 5.41) is 8.90. The summed E-state index contributed by atoms with van der Waals surface area (Å²) in [6.07, 6.45) is 2.08. The van der Waals surface area contributed by atoms with Crippen LogP contribution in [0, 0.1) is 12.7 Å². The number of sulfonamides is 1. The Morgan fingerprint density at radius 2 is 2.10 bits per heavy atom. The van der Waals surface area contributed by atoms with E-state index in [0.717, 1.165) is 16.8 Å². The first kappa shape index (κ1) is 14.9. The molecule has 1 aliphatic rings. The maximum absolute atomic E-state index is 13.9. The molecule has 7 heteroatoms. The van der Waals surface area contributed by atoms with Crippen molar-refractivity contribution in [3.05, 3.63) is 29.6 Å². The number of rotatable bonds is 5. The number of carboxylic acid groups (broad SMARTS) is 1. The first-order valence-electron chi connectivity index (χ1n) is 6.33. The van der Waals surface area contributed by atoms with Gasteiger partial charge in [0.05, 0.1) is 0 Å². The molecular formula is C13H16FNO4S. The molecule has 0 bridgehead atoms. The topological polar surface area (TPSA) is 74.7 Å². The van der Waals surface area contributed by atoms with Crippen LogP contribution in [0.3, 0.4) is 0 Å². The maximum atomic E-state index is 13.9. The molecule has 0 radical (unpaired) electrons. The van der Waals surface area contributed by atoms with E-state index in [2.05, 4.69) is 0 Å². The lowest BCUT2D eigenvalue weighted by molar-refractivity contribution is -0.137. The first-order valence-corrected chi connectivity index (χ1v) is 7.77. The van der Waals surface area contributed by atoms with Crippen molar-refractivity contribution in [3.63, 3.8) is 0 Å². The van der Waals surface area contributed by atoms with Gasteiger partial charge in [-0.1, -0.05) is 18.6 Å². The molecule has 0 amide bonds. The molecule has 0 spiro atoms. The number of aliphatic carboxylic acids is 1. The molecule has 110 valence electrons. The lowest BCUT2D eigenvalue weighted by Crippen LogP contribution is -2.47. The number of aryl methyl sites for hydroxylation is 1. The van der Waals surface area contributed by atoms with Crippen LogP contribution in [0.25, 0.3) is 0 Å². The number of halogens is 1. The zero-order chi connectivity index (χ0) is 14.9. The van der Waals surface area contributed by atoms with Crippen molar-refractivity contribution >= 4 is 16.0 Å². The number of hydrogen-bond acceptors (Lipinski definition) is 3. The standard InChI is InChI=1S/C13H16FNO4S/c1-9-4-2-7-11(14)13(9)20(18,19)15(8-12(16)17)10-5-3-6-10/h2,4,7,10H,3,5-6,8H2,1H3,(H,16,17). The Bertz CT molecular complexity index is 605. The molecule has 0 saturated heterocycles. The van der Waals surface area contributed by atoms with Gasteiger partial charge in [0.15, 0.2) is 0 Å². The number of benzene rings is 1. The Kier molecular flexibility index (Phi) is 4.10. The second kappa shape index (κ2) is 5.49. The number of hydrogen-bond donors (Lipinski definition) is 1. The van der Waals surface area contributed by atoms with Gasteiger partial charge in [0, 0.05) is 6.04 Å². The van der Waals surface area contributed by atoms with E-state index in [0.29, 0.717) is 12.8 Å². The minimum atomic E-state index is -4.14. The molecule has 1 saturated carbocycles. The van der Waals surface area contributed by atoms with Crippen molar-refractivity contribution in [1.82, 2.24) is 4.31 Å². The van der Waals surface area contributed by atoms with Crippen molar-refractivity contribution in [2.45, 2.75) is 37.1 Å². The number of carboxylic acids is 1. The van der Waals surface area contributed by atoms with Gasteiger partial charge in [0.25, 0.3) is 0 Å². The molecule has 1 fully saturated rings. The van der Waals surface area contributed by atoms with E-state index in [-0.39, 0.29) is 11.6 Å². The highest BCUT2D eigenvalue weighted by atomic mass is 32.2. The third-order valence-corrected chi connectivity index (χ3v) is 5.58.